The third-order valence-corrected chi connectivity index (χ3v) is 6.33. The van der Waals surface area contributed by atoms with Crippen molar-refractivity contribution >= 4 is 35.3 Å². The Labute approximate surface area is 191 Å². The van der Waals surface area contributed by atoms with Gasteiger partial charge in [0.2, 0.25) is 0 Å². The number of pyridine rings is 1. The summed E-state index contributed by atoms with van der Waals surface area (Å²) < 4.78 is 0. The summed E-state index contributed by atoms with van der Waals surface area (Å²) in [4.78, 5) is 26.1. The van der Waals surface area contributed by atoms with Crippen molar-refractivity contribution in [3.8, 4) is 11.4 Å². The van der Waals surface area contributed by atoms with E-state index in [9.17, 15) is 4.79 Å². The lowest BCUT2D eigenvalue weighted by molar-refractivity contribution is 0.0965. The topological polar surface area (TPSA) is 93.9 Å². The van der Waals surface area contributed by atoms with Gasteiger partial charge in [0.25, 0.3) is 5.91 Å². The fourth-order valence-electron chi connectivity index (χ4n) is 4.10. The van der Waals surface area contributed by atoms with Gasteiger partial charge in [-0.2, -0.15) is 0 Å². The minimum atomic E-state index is -0.303. The highest BCUT2D eigenvalue weighted by molar-refractivity contribution is 7.98. The van der Waals surface area contributed by atoms with E-state index in [-0.39, 0.29) is 5.91 Å². The first kappa shape index (κ1) is 20.7. The van der Waals surface area contributed by atoms with Gasteiger partial charge in [0, 0.05) is 18.1 Å². The molecule has 32 heavy (non-hydrogen) atoms. The largest absolute Gasteiger partial charge is 0.340 e. The first-order chi connectivity index (χ1) is 15.7. The van der Waals surface area contributed by atoms with Crippen LogP contribution in [0.25, 0.3) is 17.5 Å². The molecule has 8 heteroatoms. The molecule has 1 fully saturated rings. The van der Waals surface area contributed by atoms with Crippen LogP contribution >= 0.6 is 11.8 Å². The van der Waals surface area contributed by atoms with Crippen LogP contribution in [0.4, 0.5) is 11.5 Å². The molecule has 1 saturated heterocycles. The number of hydrogen-bond donors (Lipinski definition) is 2. The molecule has 5 rings (SSSR count). The summed E-state index contributed by atoms with van der Waals surface area (Å²) in [6.07, 6.45) is 9.32. The Bertz CT molecular complexity index is 1170. The molecular formula is C24H23N6OS. The summed E-state index contributed by atoms with van der Waals surface area (Å²) in [7, 11) is 0. The number of hydrogen-bond acceptors (Lipinski definition) is 7. The van der Waals surface area contributed by atoms with Crippen LogP contribution in [0.5, 0.6) is 0 Å². The molecule has 2 aromatic heterocycles. The molecule has 0 saturated carbocycles. The monoisotopic (exact) mass is 443 g/mol. The molecule has 0 spiro atoms. The number of nitrogens with one attached hydrogen (secondary N) is 2. The van der Waals surface area contributed by atoms with Gasteiger partial charge in [-0.25, -0.2) is 20.3 Å². The fraction of sp³-hybridized carbons (Fsp3) is 0.250. The Morgan fingerprint density at radius 1 is 1.06 bits per heavy atom. The van der Waals surface area contributed by atoms with Crippen molar-refractivity contribution < 1.29 is 4.79 Å². The Morgan fingerprint density at radius 2 is 1.88 bits per heavy atom. The van der Waals surface area contributed by atoms with Gasteiger partial charge in [0.05, 0.1) is 17.0 Å². The lowest BCUT2D eigenvalue weighted by Crippen LogP contribution is -2.26. The summed E-state index contributed by atoms with van der Waals surface area (Å²) in [6, 6.07) is 12.1. The molecule has 2 N–H and O–H groups in total. The fourth-order valence-corrected chi connectivity index (χ4v) is 4.46. The van der Waals surface area contributed by atoms with Gasteiger partial charge in [-0.15, -0.1) is 0 Å². The average molecular weight is 444 g/mol. The Hall–Kier alpha value is -3.23. The van der Waals surface area contributed by atoms with Gasteiger partial charge < -0.3 is 10.6 Å². The number of carbonyl (C=O) groups excluding carboxylic acids is 1. The second kappa shape index (κ2) is 9.10. The lowest BCUT2D eigenvalue weighted by atomic mass is 9.90. The van der Waals surface area contributed by atoms with E-state index in [1.807, 2.05) is 24.5 Å². The van der Waals surface area contributed by atoms with Gasteiger partial charge in [-0.05, 0) is 79.6 Å². The molecule has 0 aliphatic carbocycles. The highest BCUT2D eigenvalue weighted by Gasteiger charge is 2.23. The van der Waals surface area contributed by atoms with Crippen molar-refractivity contribution in [1.29, 1.82) is 0 Å². The first-order valence-electron chi connectivity index (χ1n) is 10.6. The van der Waals surface area contributed by atoms with Crippen molar-refractivity contribution in [3.63, 3.8) is 0 Å². The number of aromatic nitrogens is 3. The summed E-state index contributed by atoms with van der Waals surface area (Å²) in [6.45, 7) is 2.13. The normalized spacial score (nSPS) is 15.8. The molecule has 0 atom stereocenters. The van der Waals surface area contributed by atoms with Crippen LogP contribution in [-0.2, 0) is 0 Å². The Kier molecular flexibility index (Phi) is 5.87. The van der Waals surface area contributed by atoms with Crippen molar-refractivity contribution in [3.05, 3.63) is 65.5 Å². The van der Waals surface area contributed by atoms with E-state index in [0.29, 0.717) is 33.8 Å². The van der Waals surface area contributed by atoms with E-state index < -0.39 is 0 Å². The minimum Gasteiger partial charge on any atom is -0.340 e. The molecule has 4 heterocycles. The number of carbonyl (C=O) groups is 1. The number of piperidine rings is 1. The molecule has 1 aromatic carbocycles. The SMILES string of the molecule is CSc1nccc(-c2cc3c(c(Nc4ccc(C5CCNCC5)cc4)n2)C(=O)[N]C=C3)n1. The van der Waals surface area contributed by atoms with Crippen molar-refractivity contribution in [2.45, 2.75) is 23.9 Å². The van der Waals surface area contributed by atoms with Crippen LogP contribution in [0.1, 0.15) is 40.2 Å². The Morgan fingerprint density at radius 3 is 2.66 bits per heavy atom. The zero-order valence-electron chi connectivity index (χ0n) is 17.7. The number of nitrogens with zero attached hydrogens (tertiary/aromatic N) is 4. The number of rotatable bonds is 5. The van der Waals surface area contributed by atoms with E-state index in [0.717, 1.165) is 37.2 Å². The van der Waals surface area contributed by atoms with E-state index in [1.54, 1.807) is 6.20 Å². The number of anilines is 2. The Balaban J connectivity index is 1.49. The third kappa shape index (κ3) is 4.24. The maximum Gasteiger partial charge on any atom is 0.281 e. The lowest BCUT2D eigenvalue weighted by Gasteiger charge is -2.23. The molecule has 3 aromatic rings. The zero-order chi connectivity index (χ0) is 21.9. The van der Waals surface area contributed by atoms with Crippen LogP contribution < -0.4 is 16.0 Å². The van der Waals surface area contributed by atoms with Gasteiger partial charge in [-0.1, -0.05) is 23.9 Å². The second-order valence-corrected chi connectivity index (χ2v) is 8.54. The molecular weight excluding hydrogens is 420 g/mol. The second-order valence-electron chi connectivity index (χ2n) is 7.77. The number of amides is 1. The average Bonchev–Trinajstić information content (AvgIpc) is 2.85. The molecule has 0 bridgehead atoms. The van der Waals surface area contributed by atoms with Gasteiger partial charge in [0.1, 0.15) is 5.82 Å². The maximum absolute atomic E-state index is 12.6. The standard InChI is InChI=1S/C24H23N6OS/c1-32-24-27-13-9-19(30-24)20-14-17-8-12-26-23(31)21(17)22(29-20)28-18-4-2-15(3-5-18)16-6-10-25-11-7-16/h2-5,8-9,12-14,16,25H,6-7,10-11H2,1H3,(H,28,29). The molecule has 2 aliphatic heterocycles. The molecule has 7 nitrogen and oxygen atoms in total. The van der Waals surface area contributed by atoms with Crippen LogP contribution in [0.3, 0.4) is 0 Å². The maximum atomic E-state index is 12.6. The summed E-state index contributed by atoms with van der Waals surface area (Å²) in [5.41, 5.74) is 4.85. The quantitative estimate of drug-likeness (QED) is 0.451. The van der Waals surface area contributed by atoms with Crippen LogP contribution in [0.15, 0.2) is 54.0 Å². The predicted octanol–water partition coefficient (Wildman–Crippen LogP) is 4.20. The predicted molar refractivity (Wildman–Crippen MR) is 127 cm³/mol. The van der Waals surface area contributed by atoms with Crippen molar-refractivity contribution in [1.82, 2.24) is 25.6 Å². The molecule has 161 valence electrons. The van der Waals surface area contributed by atoms with E-state index in [1.165, 1.54) is 23.5 Å². The smallest absolute Gasteiger partial charge is 0.281 e. The molecule has 0 unspecified atom stereocenters. The van der Waals surface area contributed by atoms with Crippen LogP contribution in [0, 0.1) is 0 Å². The summed E-state index contributed by atoms with van der Waals surface area (Å²) in [5, 5.41) is 11.4. The van der Waals surface area contributed by atoms with Crippen LogP contribution in [0.2, 0.25) is 0 Å². The first-order valence-corrected chi connectivity index (χ1v) is 11.9. The van der Waals surface area contributed by atoms with Crippen LogP contribution in [-0.4, -0.2) is 40.2 Å². The highest BCUT2D eigenvalue weighted by atomic mass is 32.2. The van der Waals surface area contributed by atoms with Gasteiger partial charge >= 0.3 is 0 Å². The highest BCUT2D eigenvalue weighted by Crippen LogP contribution is 2.31. The zero-order valence-corrected chi connectivity index (χ0v) is 18.5. The van der Waals surface area contributed by atoms with Gasteiger partial charge in [0.15, 0.2) is 5.16 Å². The number of benzene rings is 1. The number of fused-ring (bicyclic) bond motifs is 1. The molecule has 1 amide bonds. The summed E-state index contributed by atoms with van der Waals surface area (Å²) in [5.74, 6) is 0.769. The molecule has 2 aliphatic rings. The van der Waals surface area contributed by atoms with E-state index in [4.69, 9.17) is 4.98 Å². The van der Waals surface area contributed by atoms with Crippen molar-refractivity contribution in [2.24, 2.45) is 0 Å². The minimum absolute atomic E-state index is 0.303. The number of thioether (sulfide) groups is 1. The van der Waals surface area contributed by atoms with E-state index in [2.05, 4.69) is 50.2 Å². The molecule has 1 radical (unpaired) electrons. The van der Waals surface area contributed by atoms with Gasteiger partial charge in [-0.3, -0.25) is 4.79 Å². The van der Waals surface area contributed by atoms with E-state index >= 15 is 0 Å². The van der Waals surface area contributed by atoms with Crippen molar-refractivity contribution in [2.75, 3.05) is 24.7 Å². The summed E-state index contributed by atoms with van der Waals surface area (Å²) >= 11 is 1.47. The third-order valence-electron chi connectivity index (χ3n) is 5.77.